The van der Waals surface area contributed by atoms with Crippen LogP contribution < -0.4 is 9.97 Å². The maximum absolute atomic E-state index is 12.0. The molecule has 2 amide bonds. The van der Waals surface area contributed by atoms with Gasteiger partial charge in [0.05, 0.1) is 11.5 Å². The summed E-state index contributed by atoms with van der Waals surface area (Å²) in [5.74, 6) is -2.17. The molecule has 1 aromatic carbocycles. The highest BCUT2D eigenvalue weighted by Gasteiger charge is 2.40. The van der Waals surface area contributed by atoms with Gasteiger partial charge in [-0.3, -0.25) is 9.59 Å². The summed E-state index contributed by atoms with van der Waals surface area (Å²) in [6, 6.07) is 4.57. The molecule has 1 N–H and O–H groups in total. The van der Waals surface area contributed by atoms with Gasteiger partial charge in [-0.15, -0.1) is 4.91 Å². The normalized spacial score (nSPS) is 15.8. The van der Waals surface area contributed by atoms with E-state index in [2.05, 4.69) is 20.6 Å². The van der Waals surface area contributed by atoms with E-state index in [4.69, 9.17) is 9.07 Å². The second kappa shape index (κ2) is 7.51. The quantitative estimate of drug-likeness (QED) is 0.487. The molecular formula is C15H11BN4O6. The zero-order valence-electron chi connectivity index (χ0n) is 13.2. The first-order valence-electron chi connectivity index (χ1n) is 7.48. The van der Waals surface area contributed by atoms with Crippen molar-refractivity contribution >= 4 is 24.9 Å². The number of fused-ring (bicyclic) bond motifs is 1. The highest BCUT2D eigenvalue weighted by atomic mass is 16.5. The Morgan fingerprint density at radius 2 is 2.19 bits per heavy atom. The minimum atomic E-state index is -1.26. The SMILES string of the molecule is O=NB1Oc2c(cccc2C(=O)N=O)C[C@@H]1NC(=O)/C=C/c1cocn1. The van der Waals surface area contributed by atoms with Crippen LogP contribution in [0, 0.1) is 9.81 Å². The average molecular weight is 354 g/mol. The molecular weight excluding hydrogens is 343 g/mol. The van der Waals surface area contributed by atoms with Crippen LogP contribution in [-0.2, 0) is 11.2 Å². The number of oxazole rings is 1. The summed E-state index contributed by atoms with van der Waals surface area (Å²) in [6.07, 6.45) is 5.44. The summed E-state index contributed by atoms with van der Waals surface area (Å²) in [6.45, 7) is 0. The Kier molecular flexibility index (Phi) is 4.97. The molecule has 1 aliphatic heterocycles. The van der Waals surface area contributed by atoms with Crippen molar-refractivity contribution in [2.24, 2.45) is 10.3 Å². The van der Waals surface area contributed by atoms with Crippen LogP contribution in [0.5, 0.6) is 5.75 Å². The number of nitrogens with zero attached hydrogens (tertiary/aromatic N) is 3. The molecule has 130 valence electrons. The Morgan fingerprint density at radius 3 is 2.88 bits per heavy atom. The zero-order chi connectivity index (χ0) is 18.5. The third-order valence-electron chi connectivity index (χ3n) is 3.72. The van der Waals surface area contributed by atoms with Crippen LogP contribution in [0.1, 0.15) is 21.6 Å². The van der Waals surface area contributed by atoms with Crippen LogP contribution >= 0.6 is 0 Å². The molecule has 0 bridgehead atoms. The fourth-order valence-electron chi connectivity index (χ4n) is 2.56. The van der Waals surface area contributed by atoms with Crippen molar-refractivity contribution in [1.29, 1.82) is 0 Å². The van der Waals surface area contributed by atoms with Crippen molar-refractivity contribution < 1.29 is 18.7 Å². The van der Waals surface area contributed by atoms with E-state index in [1.165, 1.54) is 30.9 Å². The van der Waals surface area contributed by atoms with Gasteiger partial charge in [0, 0.05) is 11.3 Å². The van der Waals surface area contributed by atoms with Gasteiger partial charge in [-0.25, -0.2) is 4.98 Å². The minimum Gasteiger partial charge on any atom is -0.536 e. The third-order valence-corrected chi connectivity index (χ3v) is 3.72. The van der Waals surface area contributed by atoms with Crippen LogP contribution in [0.25, 0.3) is 6.08 Å². The number of rotatable bonds is 5. The predicted molar refractivity (Wildman–Crippen MR) is 89.9 cm³/mol. The number of amides is 2. The topological polar surface area (TPSA) is 140 Å². The van der Waals surface area contributed by atoms with Crippen molar-refractivity contribution in [3.63, 3.8) is 0 Å². The number of nitrogens with one attached hydrogen (secondary N) is 1. The second-order valence-electron chi connectivity index (χ2n) is 5.37. The van der Waals surface area contributed by atoms with Crippen molar-refractivity contribution in [3.05, 3.63) is 63.6 Å². The number of carbonyl (C=O) groups is 2. The molecule has 0 saturated heterocycles. The van der Waals surface area contributed by atoms with Crippen molar-refractivity contribution in [1.82, 2.24) is 10.3 Å². The molecule has 0 radical (unpaired) electrons. The van der Waals surface area contributed by atoms with E-state index in [9.17, 15) is 19.4 Å². The summed E-state index contributed by atoms with van der Waals surface area (Å²) in [5, 5.41) is 7.84. The van der Waals surface area contributed by atoms with Crippen molar-refractivity contribution in [2.75, 3.05) is 0 Å². The Balaban J connectivity index is 1.78. The van der Waals surface area contributed by atoms with Crippen LogP contribution in [0.15, 0.2) is 51.6 Å². The van der Waals surface area contributed by atoms with Gasteiger partial charge in [0.2, 0.25) is 5.91 Å². The maximum Gasteiger partial charge on any atom is 0.570 e. The van der Waals surface area contributed by atoms with E-state index in [0.717, 1.165) is 0 Å². The van der Waals surface area contributed by atoms with Gasteiger partial charge in [0.15, 0.2) is 6.39 Å². The number of para-hydroxylation sites is 1. The highest BCUT2D eigenvalue weighted by Crippen LogP contribution is 2.31. The molecule has 1 aliphatic rings. The van der Waals surface area contributed by atoms with Crippen LogP contribution in [-0.4, -0.2) is 29.8 Å². The zero-order valence-corrected chi connectivity index (χ0v) is 13.2. The summed E-state index contributed by atoms with van der Waals surface area (Å²) in [7, 11) is -1.26. The lowest BCUT2D eigenvalue weighted by atomic mass is 9.68. The first-order valence-corrected chi connectivity index (χ1v) is 7.48. The monoisotopic (exact) mass is 354 g/mol. The second-order valence-corrected chi connectivity index (χ2v) is 5.37. The van der Waals surface area contributed by atoms with Gasteiger partial charge in [0.25, 0.3) is 0 Å². The van der Waals surface area contributed by atoms with Crippen molar-refractivity contribution in [2.45, 2.75) is 12.4 Å². The summed E-state index contributed by atoms with van der Waals surface area (Å²) in [5.41, 5.74) is 0.951. The maximum atomic E-state index is 12.0. The molecule has 0 aliphatic carbocycles. The number of nitroso groups, excluding NO2 is 2. The molecule has 26 heavy (non-hydrogen) atoms. The summed E-state index contributed by atoms with van der Waals surface area (Å²) < 4.78 is 10.2. The van der Waals surface area contributed by atoms with Gasteiger partial charge in [0.1, 0.15) is 17.7 Å². The Labute approximate surface area is 146 Å². The number of hydrogen-bond acceptors (Lipinski definition) is 8. The van der Waals surface area contributed by atoms with Gasteiger partial charge >= 0.3 is 13.0 Å². The van der Waals surface area contributed by atoms with Gasteiger partial charge in [-0.1, -0.05) is 17.2 Å². The molecule has 0 fully saturated rings. The average Bonchev–Trinajstić information content (AvgIpc) is 3.18. The van der Waals surface area contributed by atoms with E-state index < -0.39 is 24.8 Å². The summed E-state index contributed by atoms with van der Waals surface area (Å²) >= 11 is 0. The van der Waals surface area contributed by atoms with E-state index in [1.807, 2.05) is 0 Å². The molecule has 0 saturated carbocycles. The van der Waals surface area contributed by atoms with E-state index >= 15 is 0 Å². The van der Waals surface area contributed by atoms with Gasteiger partial charge in [-0.05, 0) is 24.1 Å². The molecule has 2 aromatic rings. The third kappa shape index (κ3) is 3.56. The van der Waals surface area contributed by atoms with Gasteiger partial charge in [-0.2, -0.15) is 4.91 Å². The molecule has 0 spiro atoms. The Morgan fingerprint density at radius 1 is 1.35 bits per heavy atom. The number of carbonyl (C=O) groups excluding carboxylic acids is 2. The molecule has 11 heteroatoms. The molecule has 3 rings (SSSR count). The van der Waals surface area contributed by atoms with E-state index in [0.29, 0.717) is 11.3 Å². The fourth-order valence-corrected chi connectivity index (χ4v) is 2.56. The number of hydrogen-bond donors (Lipinski definition) is 1. The van der Waals surface area contributed by atoms with Crippen LogP contribution in [0.3, 0.4) is 0 Å². The smallest absolute Gasteiger partial charge is 0.536 e. The number of aromatic nitrogens is 1. The first-order chi connectivity index (χ1) is 12.6. The van der Waals surface area contributed by atoms with Crippen molar-refractivity contribution in [3.8, 4) is 5.75 Å². The van der Waals surface area contributed by atoms with E-state index in [-0.39, 0.29) is 17.7 Å². The molecule has 2 heterocycles. The molecule has 1 aromatic heterocycles. The molecule has 0 unspecified atom stereocenters. The first kappa shape index (κ1) is 17.2. The molecule has 10 nitrogen and oxygen atoms in total. The standard InChI is InChI=1S/C15H11BN4O6/c21-13(5-4-10-7-25-8-17-10)18-12-6-9-2-1-3-11(15(22)19-23)14(9)26-16(12)20-24/h1-5,7-8,12H,6H2,(H,18,21)/b5-4+/t12-/m0/s1. The van der Waals surface area contributed by atoms with Gasteiger partial charge < -0.3 is 14.4 Å². The lowest BCUT2D eigenvalue weighted by Gasteiger charge is -2.28. The Hall–Kier alpha value is -3.63. The Bertz CT molecular complexity index is 882. The lowest BCUT2D eigenvalue weighted by Crippen LogP contribution is -2.51. The van der Waals surface area contributed by atoms with Crippen LogP contribution in [0.2, 0.25) is 0 Å². The predicted octanol–water partition coefficient (Wildman–Crippen LogP) is 1.51. The largest absolute Gasteiger partial charge is 0.570 e. The highest BCUT2D eigenvalue weighted by molar-refractivity contribution is 6.53. The lowest BCUT2D eigenvalue weighted by molar-refractivity contribution is -0.116. The number of benzene rings is 1. The van der Waals surface area contributed by atoms with E-state index in [1.54, 1.807) is 12.1 Å². The fraction of sp³-hybridized carbons (Fsp3) is 0.133. The van der Waals surface area contributed by atoms with Crippen LogP contribution in [0.4, 0.5) is 0 Å². The molecule has 1 atom stereocenters. The summed E-state index contributed by atoms with van der Waals surface area (Å²) in [4.78, 5) is 49.1. The minimum absolute atomic E-state index is 0.0538.